The molecule has 0 aromatic rings. The lowest BCUT2D eigenvalue weighted by molar-refractivity contribution is -0.0480. The Morgan fingerprint density at radius 2 is 1.83 bits per heavy atom. The summed E-state index contributed by atoms with van der Waals surface area (Å²) in [6, 6.07) is 0.449. The summed E-state index contributed by atoms with van der Waals surface area (Å²) < 4.78 is 11.4. The summed E-state index contributed by atoms with van der Waals surface area (Å²) in [5.41, 5.74) is 0.0149. The van der Waals surface area contributed by atoms with Crippen LogP contribution < -0.4 is 5.32 Å². The first kappa shape index (κ1) is 15.9. The molecular weight excluding hydrogens is 226 g/mol. The third-order valence-corrected chi connectivity index (χ3v) is 4.53. The van der Waals surface area contributed by atoms with Crippen LogP contribution in [0.25, 0.3) is 0 Å². The van der Waals surface area contributed by atoms with Crippen molar-refractivity contribution in [1.29, 1.82) is 0 Å². The Morgan fingerprint density at radius 1 is 1.22 bits per heavy atom. The summed E-state index contributed by atoms with van der Waals surface area (Å²) in [6.07, 6.45) is 7.14. The fourth-order valence-corrected chi connectivity index (χ4v) is 3.06. The van der Waals surface area contributed by atoms with Crippen LogP contribution in [-0.2, 0) is 9.47 Å². The van der Waals surface area contributed by atoms with Gasteiger partial charge < -0.3 is 14.8 Å². The van der Waals surface area contributed by atoms with Crippen molar-refractivity contribution in [2.24, 2.45) is 0 Å². The van der Waals surface area contributed by atoms with E-state index in [0.29, 0.717) is 6.04 Å². The second-order valence-electron chi connectivity index (χ2n) is 6.09. The van der Waals surface area contributed by atoms with Gasteiger partial charge in [-0.2, -0.15) is 0 Å². The smallest absolute Gasteiger partial charge is 0.0830 e. The Kier molecular flexibility index (Phi) is 6.09. The minimum Gasteiger partial charge on any atom is -0.379 e. The predicted octanol–water partition coefficient (Wildman–Crippen LogP) is 3.13. The second kappa shape index (κ2) is 6.88. The highest BCUT2D eigenvalue weighted by molar-refractivity contribution is 4.97. The molecule has 3 nitrogen and oxygen atoms in total. The van der Waals surface area contributed by atoms with Crippen LogP contribution in [0.3, 0.4) is 0 Å². The standard InChI is InChI=1S/C15H31NO2/c1-6-16-13(9-12-14(2,3)17-4)15(18-5)10-7-8-11-15/h13,16H,6-12H2,1-5H3. The Bertz CT molecular complexity index is 235. The number of methoxy groups -OCH3 is 2. The van der Waals surface area contributed by atoms with E-state index >= 15 is 0 Å². The van der Waals surface area contributed by atoms with E-state index in [2.05, 4.69) is 26.1 Å². The van der Waals surface area contributed by atoms with E-state index in [1.165, 1.54) is 25.7 Å². The molecule has 1 unspecified atom stereocenters. The van der Waals surface area contributed by atoms with Gasteiger partial charge in [-0.05, 0) is 46.1 Å². The van der Waals surface area contributed by atoms with Gasteiger partial charge >= 0.3 is 0 Å². The van der Waals surface area contributed by atoms with Gasteiger partial charge in [0.05, 0.1) is 11.2 Å². The first-order valence-electron chi connectivity index (χ1n) is 7.33. The Morgan fingerprint density at radius 3 is 2.28 bits per heavy atom. The third-order valence-electron chi connectivity index (χ3n) is 4.53. The molecular formula is C15H31NO2. The molecule has 3 heteroatoms. The first-order chi connectivity index (χ1) is 8.49. The molecule has 18 heavy (non-hydrogen) atoms. The molecule has 0 radical (unpaired) electrons. The number of hydrogen-bond donors (Lipinski definition) is 1. The number of rotatable bonds is 8. The lowest BCUT2D eigenvalue weighted by atomic mass is 9.86. The topological polar surface area (TPSA) is 30.5 Å². The summed E-state index contributed by atoms with van der Waals surface area (Å²) in [5, 5.41) is 3.63. The van der Waals surface area contributed by atoms with E-state index in [1.807, 2.05) is 7.11 Å². The van der Waals surface area contributed by atoms with Crippen molar-refractivity contribution in [3.63, 3.8) is 0 Å². The van der Waals surface area contributed by atoms with E-state index in [-0.39, 0.29) is 11.2 Å². The van der Waals surface area contributed by atoms with Gasteiger partial charge in [0.15, 0.2) is 0 Å². The fraction of sp³-hybridized carbons (Fsp3) is 1.00. The summed E-state index contributed by atoms with van der Waals surface area (Å²) in [6.45, 7) is 7.49. The minimum atomic E-state index is -0.0405. The summed E-state index contributed by atoms with van der Waals surface area (Å²) in [7, 11) is 3.67. The van der Waals surface area contributed by atoms with Gasteiger partial charge in [-0.3, -0.25) is 0 Å². The van der Waals surface area contributed by atoms with E-state index < -0.39 is 0 Å². The normalized spacial score (nSPS) is 21.2. The molecule has 0 spiro atoms. The summed E-state index contributed by atoms with van der Waals surface area (Å²) in [5.74, 6) is 0. The second-order valence-corrected chi connectivity index (χ2v) is 6.09. The molecule has 0 heterocycles. The van der Waals surface area contributed by atoms with Crippen LogP contribution in [-0.4, -0.2) is 38.0 Å². The van der Waals surface area contributed by atoms with Crippen LogP contribution in [0.15, 0.2) is 0 Å². The SMILES string of the molecule is CCNC(CCC(C)(C)OC)C1(OC)CCCC1. The van der Waals surface area contributed by atoms with Crippen molar-refractivity contribution in [3.8, 4) is 0 Å². The Balaban J connectivity index is 2.63. The quantitative estimate of drug-likeness (QED) is 0.724. The first-order valence-corrected chi connectivity index (χ1v) is 7.33. The highest BCUT2D eigenvalue weighted by Crippen LogP contribution is 2.38. The zero-order valence-corrected chi connectivity index (χ0v) is 12.8. The lowest BCUT2D eigenvalue weighted by Crippen LogP contribution is -2.51. The zero-order valence-electron chi connectivity index (χ0n) is 12.8. The van der Waals surface area contributed by atoms with Crippen LogP contribution in [0.1, 0.15) is 59.3 Å². The maximum Gasteiger partial charge on any atom is 0.0830 e. The molecule has 0 aromatic carbocycles. The minimum absolute atomic E-state index is 0.0405. The van der Waals surface area contributed by atoms with Gasteiger partial charge in [0.1, 0.15) is 0 Å². The molecule has 1 atom stereocenters. The molecule has 1 N–H and O–H groups in total. The Labute approximate surface area is 113 Å². The van der Waals surface area contributed by atoms with Crippen molar-refractivity contribution in [1.82, 2.24) is 5.32 Å². The zero-order chi connectivity index (χ0) is 13.6. The van der Waals surface area contributed by atoms with Crippen LogP contribution in [0.5, 0.6) is 0 Å². The van der Waals surface area contributed by atoms with E-state index in [9.17, 15) is 0 Å². The van der Waals surface area contributed by atoms with Crippen LogP contribution in [0.2, 0.25) is 0 Å². The third kappa shape index (κ3) is 3.94. The highest BCUT2D eigenvalue weighted by atomic mass is 16.5. The van der Waals surface area contributed by atoms with Gasteiger partial charge in [-0.25, -0.2) is 0 Å². The molecule has 1 rings (SSSR count). The Hall–Kier alpha value is -0.120. The average molecular weight is 257 g/mol. The number of ether oxygens (including phenoxy) is 2. The molecule has 0 bridgehead atoms. The molecule has 0 aliphatic heterocycles. The van der Waals surface area contributed by atoms with Gasteiger partial charge in [-0.15, -0.1) is 0 Å². The molecule has 0 saturated heterocycles. The average Bonchev–Trinajstić information content (AvgIpc) is 2.84. The molecule has 0 aromatic heterocycles. The van der Waals surface area contributed by atoms with Gasteiger partial charge in [0.25, 0.3) is 0 Å². The highest BCUT2D eigenvalue weighted by Gasteiger charge is 2.41. The van der Waals surface area contributed by atoms with Crippen molar-refractivity contribution in [2.75, 3.05) is 20.8 Å². The largest absolute Gasteiger partial charge is 0.379 e. The molecule has 1 aliphatic carbocycles. The van der Waals surface area contributed by atoms with E-state index in [4.69, 9.17) is 9.47 Å². The maximum atomic E-state index is 5.91. The summed E-state index contributed by atoms with van der Waals surface area (Å²) >= 11 is 0. The number of nitrogens with one attached hydrogen (secondary N) is 1. The van der Waals surface area contributed by atoms with E-state index in [0.717, 1.165) is 19.4 Å². The van der Waals surface area contributed by atoms with Crippen LogP contribution in [0.4, 0.5) is 0 Å². The molecule has 0 amide bonds. The van der Waals surface area contributed by atoms with Gasteiger partial charge in [0.2, 0.25) is 0 Å². The lowest BCUT2D eigenvalue weighted by Gasteiger charge is -2.38. The number of likely N-dealkylation sites (N-methyl/N-ethyl adjacent to an activating group) is 1. The van der Waals surface area contributed by atoms with Crippen LogP contribution in [0, 0.1) is 0 Å². The van der Waals surface area contributed by atoms with Gasteiger partial charge in [-0.1, -0.05) is 19.8 Å². The van der Waals surface area contributed by atoms with Crippen LogP contribution >= 0.6 is 0 Å². The molecule has 1 aliphatic rings. The predicted molar refractivity (Wildman–Crippen MR) is 76.0 cm³/mol. The van der Waals surface area contributed by atoms with Crippen molar-refractivity contribution >= 4 is 0 Å². The van der Waals surface area contributed by atoms with Crippen molar-refractivity contribution in [3.05, 3.63) is 0 Å². The monoisotopic (exact) mass is 257 g/mol. The molecule has 1 saturated carbocycles. The van der Waals surface area contributed by atoms with Gasteiger partial charge in [0, 0.05) is 20.3 Å². The summed E-state index contributed by atoms with van der Waals surface area (Å²) in [4.78, 5) is 0. The number of hydrogen-bond acceptors (Lipinski definition) is 3. The maximum absolute atomic E-state index is 5.91. The molecule has 1 fully saturated rings. The van der Waals surface area contributed by atoms with E-state index in [1.54, 1.807) is 7.11 Å². The van der Waals surface area contributed by atoms with Crippen molar-refractivity contribution < 1.29 is 9.47 Å². The molecule has 108 valence electrons. The van der Waals surface area contributed by atoms with Crippen molar-refractivity contribution in [2.45, 2.75) is 76.5 Å². The fourth-order valence-electron chi connectivity index (χ4n) is 3.06.